The lowest BCUT2D eigenvalue weighted by molar-refractivity contribution is -0.138. The van der Waals surface area contributed by atoms with Gasteiger partial charge in [0.2, 0.25) is 0 Å². The van der Waals surface area contributed by atoms with Gasteiger partial charge in [-0.25, -0.2) is 0 Å². The molecule has 0 fully saturated rings. The zero-order valence-electron chi connectivity index (χ0n) is 11.4. The van der Waals surface area contributed by atoms with Crippen LogP contribution in [0.1, 0.15) is 16.8 Å². The van der Waals surface area contributed by atoms with Gasteiger partial charge in [0.1, 0.15) is 18.1 Å². The maximum atomic E-state index is 12.8. The van der Waals surface area contributed by atoms with E-state index in [2.05, 4.69) is 15.3 Å². The summed E-state index contributed by atoms with van der Waals surface area (Å²) in [6.07, 6.45) is -2.93. The van der Waals surface area contributed by atoms with Crippen LogP contribution >= 0.6 is 0 Å². The molecule has 4 nitrogen and oxygen atoms in total. The van der Waals surface area contributed by atoms with Crippen LogP contribution in [0, 0.1) is 0 Å². The van der Waals surface area contributed by atoms with E-state index in [0.29, 0.717) is 18.4 Å². The van der Waals surface area contributed by atoms with Gasteiger partial charge in [-0.2, -0.15) is 27.1 Å². The average molecular weight is 331 g/mol. The highest BCUT2D eigenvalue weighted by molar-refractivity contribution is 6.13. The van der Waals surface area contributed by atoms with Gasteiger partial charge in [-0.3, -0.25) is 5.43 Å². The van der Waals surface area contributed by atoms with Gasteiger partial charge >= 0.3 is 12.8 Å². The van der Waals surface area contributed by atoms with Crippen molar-refractivity contribution in [1.29, 1.82) is 0 Å². The predicted molar refractivity (Wildman–Crippen MR) is 71.3 cm³/mol. The molecule has 0 amide bonds. The predicted octanol–water partition coefficient (Wildman–Crippen LogP) is 3.42. The zero-order chi connectivity index (χ0) is 16.6. The first-order valence-electron chi connectivity index (χ1n) is 6.49. The van der Waals surface area contributed by atoms with Gasteiger partial charge in [-0.1, -0.05) is 0 Å². The Bertz CT molecular complexity index is 751. The highest BCUT2D eigenvalue weighted by Gasteiger charge is 2.32. The molecule has 122 valence electrons. The molecule has 0 unspecified atom stereocenters. The topological polar surface area (TPSA) is 38.5 Å². The van der Waals surface area contributed by atoms with E-state index >= 15 is 0 Å². The Morgan fingerprint density at radius 2 is 2.00 bits per heavy atom. The molecule has 23 heavy (non-hydrogen) atoms. The number of nitrogens with zero attached hydrogens (tertiary/aromatic N) is 2. The number of nitrogens with one attached hydrogen (secondary N) is 1. The first-order valence-corrected chi connectivity index (χ1v) is 6.49. The van der Waals surface area contributed by atoms with E-state index in [4.69, 9.17) is 0 Å². The van der Waals surface area contributed by atoms with E-state index in [1.54, 1.807) is 22.9 Å². The van der Waals surface area contributed by atoms with E-state index in [1.807, 2.05) is 0 Å². The summed E-state index contributed by atoms with van der Waals surface area (Å²) in [7, 11) is 0. The molecule has 0 aliphatic carbocycles. The van der Waals surface area contributed by atoms with Crippen LogP contribution in [-0.4, -0.2) is 16.9 Å². The van der Waals surface area contributed by atoms with E-state index in [1.165, 1.54) is 0 Å². The Kier molecular flexibility index (Phi) is 3.70. The molecule has 0 saturated heterocycles. The molecule has 1 aliphatic rings. The van der Waals surface area contributed by atoms with Crippen molar-refractivity contribution in [2.45, 2.75) is 19.5 Å². The molecule has 1 N–H and O–H groups in total. The largest absolute Gasteiger partial charge is 0.434 e. The van der Waals surface area contributed by atoms with Crippen LogP contribution in [0.5, 0.6) is 5.75 Å². The normalized spacial score (nSPS) is 14.3. The number of ether oxygens (including phenoxy) is 1. The van der Waals surface area contributed by atoms with Crippen molar-refractivity contribution < 1.29 is 26.7 Å². The van der Waals surface area contributed by atoms with Gasteiger partial charge in [0.15, 0.2) is 0 Å². The molecule has 0 radical (unpaired) electrons. The molecule has 3 rings (SSSR count). The third kappa shape index (κ3) is 2.99. The van der Waals surface area contributed by atoms with Crippen molar-refractivity contribution in [2.75, 3.05) is 0 Å². The summed E-state index contributed by atoms with van der Waals surface area (Å²) in [5, 5.41) is 4.01. The number of halogens is 5. The second kappa shape index (κ2) is 5.56. The maximum Gasteiger partial charge on any atom is 0.416 e. The summed E-state index contributed by atoms with van der Waals surface area (Å²) >= 11 is 0. The molecular weight excluding hydrogens is 321 g/mol. The number of fused-ring (bicyclic) bond motifs is 1. The number of hydrogen-bond acceptors (Lipinski definition) is 3. The molecule has 0 bridgehead atoms. The molecule has 2 aromatic rings. The van der Waals surface area contributed by atoms with Gasteiger partial charge in [0.05, 0.1) is 11.3 Å². The highest BCUT2D eigenvalue weighted by Crippen LogP contribution is 2.34. The van der Waals surface area contributed by atoms with Crippen LogP contribution < -0.4 is 10.2 Å². The van der Waals surface area contributed by atoms with Crippen LogP contribution in [0.25, 0.3) is 0 Å². The first-order chi connectivity index (χ1) is 10.9. The Hall–Kier alpha value is -2.58. The van der Waals surface area contributed by atoms with Crippen molar-refractivity contribution in [3.05, 3.63) is 53.3 Å². The Morgan fingerprint density at radius 1 is 1.22 bits per heavy atom. The smallest absolute Gasteiger partial charge is 0.416 e. The Balaban J connectivity index is 2.10. The standard InChI is InChI=1S/C14H10F5N3O/c15-13(16)23-11-6-8(14(17,18)19)3-4-9(11)12-10-2-1-5-22(10)7-20-21-12/h1-6,13,20H,7H2. The second-order valence-electron chi connectivity index (χ2n) is 4.73. The summed E-state index contributed by atoms with van der Waals surface area (Å²) in [6.45, 7) is -2.88. The molecule has 1 aromatic heterocycles. The third-order valence-corrected chi connectivity index (χ3v) is 3.28. The fourth-order valence-electron chi connectivity index (χ4n) is 2.30. The van der Waals surface area contributed by atoms with Crippen molar-refractivity contribution in [3.8, 4) is 5.75 Å². The summed E-state index contributed by atoms with van der Waals surface area (Å²) in [5.74, 6) is -0.579. The van der Waals surface area contributed by atoms with Crippen molar-refractivity contribution >= 4 is 5.71 Å². The molecule has 0 atom stereocenters. The molecule has 9 heteroatoms. The summed E-state index contributed by atoms with van der Waals surface area (Å²) in [6, 6.07) is 5.83. The van der Waals surface area contributed by atoms with Crippen molar-refractivity contribution in [2.24, 2.45) is 5.10 Å². The number of hydrogen-bond donors (Lipinski definition) is 1. The van der Waals surface area contributed by atoms with E-state index in [0.717, 1.165) is 12.1 Å². The van der Waals surface area contributed by atoms with Gasteiger partial charge < -0.3 is 9.30 Å². The fourth-order valence-corrected chi connectivity index (χ4v) is 2.30. The minimum absolute atomic E-state index is 0.0467. The highest BCUT2D eigenvalue weighted by atomic mass is 19.4. The number of aromatic nitrogens is 1. The maximum absolute atomic E-state index is 12.8. The fraction of sp³-hybridized carbons (Fsp3) is 0.214. The van der Waals surface area contributed by atoms with Gasteiger partial charge in [0, 0.05) is 11.8 Å². The monoisotopic (exact) mass is 331 g/mol. The minimum Gasteiger partial charge on any atom is -0.434 e. The van der Waals surface area contributed by atoms with Gasteiger partial charge in [-0.05, 0) is 30.3 Å². The number of benzene rings is 1. The van der Waals surface area contributed by atoms with Crippen LogP contribution in [-0.2, 0) is 12.8 Å². The molecule has 1 aliphatic heterocycles. The molecule has 2 heterocycles. The lowest BCUT2D eigenvalue weighted by Gasteiger charge is -2.20. The van der Waals surface area contributed by atoms with Crippen LogP contribution in [0.4, 0.5) is 22.0 Å². The van der Waals surface area contributed by atoms with Crippen LogP contribution in [0.15, 0.2) is 41.6 Å². The molecule has 0 spiro atoms. The second-order valence-corrected chi connectivity index (χ2v) is 4.73. The SMILES string of the molecule is FC(F)Oc1cc(C(F)(F)F)ccc1C1=NNCn2cccc21. The zero-order valence-corrected chi connectivity index (χ0v) is 11.4. The summed E-state index contributed by atoms with van der Waals surface area (Å²) in [4.78, 5) is 0. The van der Waals surface area contributed by atoms with E-state index in [-0.39, 0.29) is 11.3 Å². The van der Waals surface area contributed by atoms with Crippen molar-refractivity contribution in [1.82, 2.24) is 9.99 Å². The first kappa shape index (κ1) is 15.3. The number of rotatable bonds is 3. The molecule has 0 saturated carbocycles. The van der Waals surface area contributed by atoms with Crippen LogP contribution in [0.3, 0.4) is 0 Å². The Morgan fingerprint density at radius 3 is 2.70 bits per heavy atom. The summed E-state index contributed by atoms with van der Waals surface area (Å²) < 4.78 is 69.5. The number of alkyl halides is 5. The minimum atomic E-state index is -4.66. The van der Waals surface area contributed by atoms with Crippen LogP contribution in [0.2, 0.25) is 0 Å². The molecular formula is C14H10F5N3O. The lowest BCUT2D eigenvalue weighted by Crippen LogP contribution is -2.26. The van der Waals surface area contributed by atoms with Gasteiger partial charge in [0.25, 0.3) is 0 Å². The van der Waals surface area contributed by atoms with Gasteiger partial charge in [-0.15, -0.1) is 0 Å². The molecule has 1 aromatic carbocycles. The quantitative estimate of drug-likeness (QED) is 0.875. The summed E-state index contributed by atoms with van der Waals surface area (Å²) in [5.41, 5.74) is 2.47. The van der Waals surface area contributed by atoms with E-state index < -0.39 is 24.1 Å². The lowest BCUT2D eigenvalue weighted by atomic mass is 10.0. The average Bonchev–Trinajstić information content (AvgIpc) is 2.94. The Labute approximate surface area is 127 Å². The number of hydrazone groups is 1. The third-order valence-electron chi connectivity index (χ3n) is 3.28. The van der Waals surface area contributed by atoms with E-state index in [9.17, 15) is 22.0 Å². The van der Waals surface area contributed by atoms with Crippen molar-refractivity contribution in [3.63, 3.8) is 0 Å².